The lowest BCUT2D eigenvalue weighted by molar-refractivity contribution is -0.0496. The molecule has 2 N–H and O–H groups in total. The Morgan fingerprint density at radius 1 is 1.18 bits per heavy atom. The van der Waals surface area contributed by atoms with Crippen molar-refractivity contribution in [1.82, 2.24) is 19.8 Å². The summed E-state index contributed by atoms with van der Waals surface area (Å²) in [6.07, 6.45) is 3.26. The van der Waals surface area contributed by atoms with Gasteiger partial charge < -0.3 is 15.5 Å². The van der Waals surface area contributed by atoms with Crippen LogP contribution in [0, 0.1) is 11.8 Å². The van der Waals surface area contributed by atoms with Crippen LogP contribution in [0.2, 0.25) is 0 Å². The van der Waals surface area contributed by atoms with Gasteiger partial charge in [0, 0.05) is 32.2 Å². The van der Waals surface area contributed by atoms with E-state index in [2.05, 4.69) is 34.6 Å². The molecule has 2 rings (SSSR count). The summed E-state index contributed by atoms with van der Waals surface area (Å²) in [6, 6.07) is 0.409. The highest BCUT2D eigenvalue weighted by molar-refractivity contribution is 7.90. The number of halogens is 3. The molecule has 1 saturated carbocycles. The Morgan fingerprint density at radius 3 is 2.25 bits per heavy atom. The monoisotopic (exact) mass is 427 g/mol. The van der Waals surface area contributed by atoms with E-state index in [0.29, 0.717) is 54.7 Å². The summed E-state index contributed by atoms with van der Waals surface area (Å²) in [7, 11) is -1.10. The first-order valence-corrected chi connectivity index (χ1v) is 11.2. The van der Waals surface area contributed by atoms with Gasteiger partial charge in [-0.15, -0.1) is 0 Å². The highest BCUT2D eigenvalue weighted by Gasteiger charge is 2.50. The average Bonchev–Trinajstić information content (AvgIpc) is 3.44. The van der Waals surface area contributed by atoms with E-state index in [1.54, 1.807) is 0 Å². The average molecular weight is 428 g/mol. The zero-order valence-electron chi connectivity index (χ0n) is 16.8. The van der Waals surface area contributed by atoms with Crippen LogP contribution in [-0.4, -0.2) is 82.0 Å². The van der Waals surface area contributed by atoms with E-state index >= 15 is 0 Å². The van der Waals surface area contributed by atoms with Gasteiger partial charge in [-0.1, -0.05) is 0 Å². The number of hydrogen-bond donors (Lipinski definition) is 2. The first kappa shape index (κ1) is 23.2. The minimum absolute atomic E-state index is 0.105. The fourth-order valence-corrected chi connectivity index (χ4v) is 4.47. The Balaban J connectivity index is 1.83. The van der Waals surface area contributed by atoms with Crippen molar-refractivity contribution in [2.75, 3.05) is 46.8 Å². The van der Waals surface area contributed by atoms with Crippen molar-refractivity contribution in [3.63, 3.8) is 0 Å². The maximum atomic E-state index is 12.7. The van der Waals surface area contributed by atoms with Gasteiger partial charge >= 0.3 is 15.5 Å². The van der Waals surface area contributed by atoms with Gasteiger partial charge in [0.05, 0.1) is 6.54 Å². The van der Waals surface area contributed by atoms with Crippen molar-refractivity contribution in [2.45, 2.75) is 44.2 Å². The zero-order valence-corrected chi connectivity index (χ0v) is 17.6. The minimum Gasteiger partial charge on any atom is -0.357 e. The van der Waals surface area contributed by atoms with E-state index < -0.39 is 15.5 Å². The number of guanidine groups is 1. The summed E-state index contributed by atoms with van der Waals surface area (Å²) in [4.78, 5) is 6.86. The molecule has 0 amide bonds. The van der Waals surface area contributed by atoms with Gasteiger partial charge in [-0.3, -0.25) is 4.99 Å². The molecule has 0 aromatic heterocycles. The number of sulfonamides is 1. The third kappa shape index (κ3) is 6.21. The first-order valence-electron chi connectivity index (χ1n) is 9.81. The Labute approximate surface area is 165 Å². The van der Waals surface area contributed by atoms with Crippen LogP contribution in [0.5, 0.6) is 0 Å². The SMILES string of the molecule is CCNC(=NCC(C1CC1)N(C)C)NCC1CCN(S(=O)(=O)C(F)(F)F)CC1. The number of alkyl halides is 3. The normalized spacial score (nSPS) is 21.8. The molecule has 0 aromatic rings. The van der Waals surface area contributed by atoms with Crippen molar-refractivity contribution in [3.05, 3.63) is 0 Å². The molecule has 11 heteroatoms. The lowest BCUT2D eigenvalue weighted by Gasteiger charge is -2.31. The predicted octanol–water partition coefficient (Wildman–Crippen LogP) is 1.44. The van der Waals surface area contributed by atoms with E-state index in [1.807, 2.05) is 6.92 Å². The topological polar surface area (TPSA) is 77.0 Å². The van der Waals surface area contributed by atoms with Crippen LogP contribution in [0.15, 0.2) is 4.99 Å². The van der Waals surface area contributed by atoms with Gasteiger partial charge in [-0.05, 0) is 58.5 Å². The van der Waals surface area contributed by atoms with Crippen LogP contribution in [0.4, 0.5) is 13.2 Å². The van der Waals surface area contributed by atoms with Crippen molar-refractivity contribution in [2.24, 2.45) is 16.8 Å². The highest BCUT2D eigenvalue weighted by atomic mass is 32.2. The lowest BCUT2D eigenvalue weighted by Crippen LogP contribution is -2.47. The summed E-state index contributed by atoms with van der Waals surface area (Å²) in [6.45, 7) is 3.72. The molecule has 1 atom stereocenters. The Bertz CT molecular complexity index is 625. The van der Waals surface area contributed by atoms with Gasteiger partial charge in [0.25, 0.3) is 0 Å². The maximum absolute atomic E-state index is 12.7. The maximum Gasteiger partial charge on any atom is 0.511 e. The summed E-state index contributed by atoms with van der Waals surface area (Å²) in [5.74, 6) is 1.50. The van der Waals surface area contributed by atoms with Gasteiger partial charge in [0.1, 0.15) is 0 Å². The quantitative estimate of drug-likeness (QED) is 0.453. The van der Waals surface area contributed by atoms with E-state index in [1.165, 1.54) is 12.8 Å². The summed E-state index contributed by atoms with van der Waals surface area (Å²) in [5, 5.41) is 6.45. The number of hydrogen-bond acceptors (Lipinski definition) is 4. The number of likely N-dealkylation sites (N-methyl/N-ethyl adjacent to an activating group) is 1. The molecular weight excluding hydrogens is 395 g/mol. The van der Waals surface area contributed by atoms with E-state index in [9.17, 15) is 21.6 Å². The molecule has 0 radical (unpaired) electrons. The lowest BCUT2D eigenvalue weighted by atomic mass is 9.98. The van der Waals surface area contributed by atoms with Crippen LogP contribution in [0.25, 0.3) is 0 Å². The summed E-state index contributed by atoms with van der Waals surface area (Å²) >= 11 is 0. The summed E-state index contributed by atoms with van der Waals surface area (Å²) in [5.41, 5.74) is -5.23. The van der Waals surface area contributed by atoms with Crippen molar-refractivity contribution < 1.29 is 21.6 Å². The van der Waals surface area contributed by atoms with Crippen LogP contribution < -0.4 is 10.6 Å². The van der Waals surface area contributed by atoms with Crippen LogP contribution >= 0.6 is 0 Å². The first-order chi connectivity index (χ1) is 13.1. The molecule has 28 heavy (non-hydrogen) atoms. The van der Waals surface area contributed by atoms with Crippen LogP contribution in [0.1, 0.15) is 32.6 Å². The smallest absolute Gasteiger partial charge is 0.357 e. The standard InChI is InChI=1S/C17H32F3N5O2S/c1-4-21-16(23-12-15(24(2)3)14-5-6-14)22-11-13-7-9-25(10-8-13)28(26,27)17(18,19)20/h13-15H,4-12H2,1-3H3,(H2,21,22,23). The second-order valence-electron chi connectivity index (χ2n) is 7.76. The molecule has 164 valence electrons. The van der Waals surface area contributed by atoms with E-state index in [4.69, 9.17) is 0 Å². The van der Waals surface area contributed by atoms with Gasteiger partial charge in [0.15, 0.2) is 5.96 Å². The molecule has 7 nitrogen and oxygen atoms in total. The zero-order chi connectivity index (χ0) is 20.9. The van der Waals surface area contributed by atoms with E-state index in [-0.39, 0.29) is 19.0 Å². The number of rotatable bonds is 8. The third-order valence-electron chi connectivity index (χ3n) is 5.37. The number of piperidine rings is 1. The molecule has 1 saturated heterocycles. The molecule has 2 fully saturated rings. The second kappa shape index (κ2) is 9.62. The van der Waals surface area contributed by atoms with Crippen molar-refractivity contribution in [1.29, 1.82) is 0 Å². The fourth-order valence-electron chi connectivity index (χ4n) is 3.48. The molecule has 1 aliphatic carbocycles. The van der Waals surface area contributed by atoms with Crippen LogP contribution in [-0.2, 0) is 10.0 Å². The number of nitrogens with one attached hydrogen (secondary N) is 2. The number of nitrogens with zero attached hydrogens (tertiary/aromatic N) is 3. The second-order valence-corrected chi connectivity index (χ2v) is 9.69. The minimum atomic E-state index is -5.23. The predicted molar refractivity (Wildman–Crippen MR) is 103 cm³/mol. The Morgan fingerprint density at radius 2 is 1.79 bits per heavy atom. The largest absolute Gasteiger partial charge is 0.511 e. The van der Waals surface area contributed by atoms with Crippen molar-refractivity contribution >= 4 is 16.0 Å². The third-order valence-corrected chi connectivity index (χ3v) is 7.00. The molecule has 0 aromatic carbocycles. The number of aliphatic imine (C=N–C) groups is 1. The van der Waals surface area contributed by atoms with Crippen molar-refractivity contribution in [3.8, 4) is 0 Å². The van der Waals surface area contributed by atoms with E-state index in [0.717, 1.165) is 0 Å². The van der Waals surface area contributed by atoms with Gasteiger partial charge in [-0.2, -0.15) is 17.5 Å². The molecule has 1 heterocycles. The molecule has 1 aliphatic heterocycles. The molecule has 0 bridgehead atoms. The molecule has 0 spiro atoms. The van der Waals surface area contributed by atoms with Crippen LogP contribution in [0.3, 0.4) is 0 Å². The highest BCUT2D eigenvalue weighted by Crippen LogP contribution is 2.34. The molecular formula is C17H32F3N5O2S. The molecule has 2 aliphatic rings. The molecule has 1 unspecified atom stereocenters. The Kier molecular flexibility index (Phi) is 7.97. The van der Waals surface area contributed by atoms with Gasteiger partial charge in [0.2, 0.25) is 0 Å². The summed E-state index contributed by atoms with van der Waals surface area (Å²) < 4.78 is 61.5. The fraction of sp³-hybridized carbons (Fsp3) is 0.941. The Hall–Kier alpha value is -1.07. The van der Waals surface area contributed by atoms with Gasteiger partial charge in [-0.25, -0.2) is 8.42 Å².